The van der Waals surface area contributed by atoms with Crippen LogP contribution in [-0.2, 0) is 7.05 Å². The molecule has 0 bridgehead atoms. The number of anilines is 1. The summed E-state index contributed by atoms with van der Waals surface area (Å²) in [6, 6.07) is 1.77. The number of aromatic amines is 1. The fraction of sp³-hybridized carbons (Fsp3) is 0.273. The lowest BCUT2D eigenvalue weighted by atomic mass is 10.3. The molecule has 0 aliphatic heterocycles. The fourth-order valence-corrected chi connectivity index (χ4v) is 2.05. The second-order valence-corrected chi connectivity index (χ2v) is 4.85. The molecular weight excluding hydrogens is 284 g/mol. The van der Waals surface area contributed by atoms with Crippen molar-refractivity contribution in [2.45, 2.75) is 13.8 Å². The summed E-state index contributed by atoms with van der Waals surface area (Å²) in [5, 5.41) is 9.65. The molecule has 6 heteroatoms. The number of amides is 1. The van der Waals surface area contributed by atoms with Crippen LogP contribution in [0.15, 0.2) is 16.7 Å². The van der Waals surface area contributed by atoms with E-state index in [1.54, 1.807) is 10.6 Å². The van der Waals surface area contributed by atoms with Crippen LogP contribution in [0.5, 0.6) is 0 Å². The first kappa shape index (κ1) is 11.9. The zero-order valence-electron chi connectivity index (χ0n) is 9.84. The number of H-pyrrole nitrogens is 1. The van der Waals surface area contributed by atoms with Gasteiger partial charge in [-0.15, -0.1) is 0 Å². The van der Waals surface area contributed by atoms with E-state index < -0.39 is 0 Å². The predicted octanol–water partition coefficient (Wildman–Crippen LogP) is 2.38. The lowest BCUT2D eigenvalue weighted by Crippen LogP contribution is -2.16. The molecule has 5 nitrogen and oxygen atoms in total. The van der Waals surface area contributed by atoms with Crippen molar-refractivity contribution >= 4 is 27.7 Å². The maximum absolute atomic E-state index is 12.0. The van der Waals surface area contributed by atoms with Crippen molar-refractivity contribution in [2.75, 3.05) is 5.32 Å². The SMILES string of the molecule is Cc1[nH]nc(NC(=O)c2cc(Br)cn2C)c1C. The van der Waals surface area contributed by atoms with Gasteiger partial charge in [0.15, 0.2) is 5.82 Å². The Balaban J connectivity index is 2.23. The first-order chi connectivity index (χ1) is 7.99. The Bertz CT molecular complexity index is 570. The molecule has 0 saturated carbocycles. The average Bonchev–Trinajstić information content (AvgIpc) is 2.75. The predicted molar refractivity (Wildman–Crippen MR) is 69.1 cm³/mol. The van der Waals surface area contributed by atoms with Crippen molar-refractivity contribution in [1.82, 2.24) is 14.8 Å². The third kappa shape index (κ3) is 2.26. The van der Waals surface area contributed by atoms with Gasteiger partial charge in [0.05, 0.1) is 0 Å². The third-order valence-corrected chi connectivity index (χ3v) is 3.12. The number of carbonyl (C=O) groups is 1. The molecule has 2 N–H and O–H groups in total. The van der Waals surface area contributed by atoms with E-state index in [1.165, 1.54) is 0 Å². The summed E-state index contributed by atoms with van der Waals surface area (Å²) in [5.74, 6) is 0.401. The molecule has 2 heterocycles. The fourth-order valence-electron chi connectivity index (χ4n) is 1.53. The molecule has 0 aliphatic rings. The van der Waals surface area contributed by atoms with Crippen LogP contribution in [0.1, 0.15) is 21.7 Å². The highest BCUT2D eigenvalue weighted by molar-refractivity contribution is 9.10. The second-order valence-electron chi connectivity index (χ2n) is 3.93. The van der Waals surface area contributed by atoms with Gasteiger partial charge in [0.2, 0.25) is 0 Å². The van der Waals surface area contributed by atoms with Crippen molar-refractivity contribution in [3.8, 4) is 0 Å². The van der Waals surface area contributed by atoms with Crippen LogP contribution in [0, 0.1) is 13.8 Å². The number of nitrogens with zero attached hydrogens (tertiary/aromatic N) is 2. The summed E-state index contributed by atoms with van der Waals surface area (Å²) in [6.07, 6.45) is 1.83. The van der Waals surface area contributed by atoms with E-state index in [9.17, 15) is 4.79 Å². The summed E-state index contributed by atoms with van der Waals surface area (Å²) >= 11 is 3.33. The van der Waals surface area contributed by atoms with Gasteiger partial charge in [0, 0.05) is 29.0 Å². The van der Waals surface area contributed by atoms with E-state index in [-0.39, 0.29) is 5.91 Å². The van der Waals surface area contributed by atoms with E-state index in [2.05, 4.69) is 31.4 Å². The van der Waals surface area contributed by atoms with Crippen LogP contribution in [0.4, 0.5) is 5.82 Å². The molecule has 0 unspecified atom stereocenters. The van der Waals surface area contributed by atoms with Gasteiger partial charge < -0.3 is 9.88 Å². The number of aryl methyl sites for hydroxylation is 2. The quantitative estimate of drug-likeness (QED) is 0.894. The second kappa shape index (κ2) is 4.37. The summed E-state index contributed by atoms with van der Waals surface area (Å²) in [6.45, 7) is 3.83. The summed E-state index contributed by atoms with van der Waals surface area (Å²) < 4.78 is 2.63. The first-order valence-electron chi connectivity index (χ1n) is 5.14. The minimum Gasteiger partial charge on any atom is -0.345 e. The zero-order valence-corrected chi connectivity index (χ0v) is 11.4. The number of hydrogen-bond donors (Lipinski definition) is 2. The molecule has 90 valence electrons. The Morgan fingerprint density at radius 3 is 2.71 bits per heavy atom. The minimum atomic E-state index is -0.173. The largest absolute Gasteiger partial charge is 0.345 e. The topological polar surface area (TPSA) is 62.7 Å². The molecule has 0 radical (unpaired) electrons. The average molecular weight is 297 g/mol. The summed E-state index contributed by atoms with van der Waals surface area (Å²) in [7, 11) is 1.82. The van der Waals surface area contributed by atoms with E-state index in [0.717, 1.165) is 15.7 Å². The molecule has 2 aromatic heterocycles. The van der Waals surface area contributed by atoms with Crippen LogP contribution in [0.3, 0.4) is 0 Å². The number of nitrogens with one attached hydrogen (secondary N) is 2. The molecule has 1 amide bonds. The molecule has 0 spiro atoms. The number of rotatable bonds is 2. The molecule has 2 aromatic rings. The minimum absolute atomic E-state index is 0.173. The van der Waals surface area contributed by atoms with Crippen molar-refractivity contribution in [3.05, 3.63) is 33.7 Å². The van der Waals surface area contributed by atoms with Crippen molar-refractivity contribution < 1.29 is 4.79 Å². The lowest BCUT2D eigenvalue weighted by Gasteiger charge is -2.03. The van der Waals surface area contributed by atoms with E-state index >= 15 is 0 Å². The van der Waals surface area contributed by atoms with Crippen LogP contribution >= 0.6 is 15.9 Å². The zero-order chi connectivity index (χ0) is 12.6. The Morgan fingerprint density at radius 1 is 1.53 bits per heavy atom. The molecule has 0 aromatic carbocycles. The molecule has 2 rings (SSSR count). The van der Waals surface area contributed by atoms with Gasteiger partial charge in [-0.25, -0.2) is 0 Å². The highest BCUT2D eigenvalue weighted by Crippen LogP contribution is 2.17. The lowest BCUT2D eigenvalue weighted by molar-refractivity contribution is 0.101. The Kier molecular flexibility index (Phi) is 3.06. The smallest absolute Gasteiger partial charge is 0.273 e. The normalized spacial score (nSPS) is 10.6. The van der Waals surface area contributed by atoms with E-state index in [1.807, 2.05) is 27.1 Å². The Labute approximate surface area is 107 Å². The van der Waals surface area contributed by atoms with Gasteiger partial charge in [-0.1, -0.05) is 0 Å². The maximum Gasteiger partial charge on any atom is 0.273 e. The Morgan fingerprint density at radius 2 is 2.24 bits per heavy atom. The molecule has 0 fully saturated rings. The molecule has 17 heavy (non-hydrogen) atoms. The van der Waals surface area contributed by atoms with Gasteiger partial charge >= 0.3 is 0 Å². The third-order valence-electron chi connectivity index (χ3n) is 2.69. The van der Waals surface area contributed by atoms with Gasteiger partial charge in [0.1, 0.15) is 5.69 Å². The molecular formula is C11H13BrN4O. The number of hydrogen-bond acceptors (Lipinski definition) is 2. The Hall–Kier alpha value is -1.56. The number of aromatic nitrogens is 3. The van der Waals surface area contributed by atoms with Gasteiger partial charge in [0.25, 0.3) is 5.91 Å². The van der Waals surface area contributed by atoms with Crippen molar-refractivity contribution in [1.29, 1.82) is 0 Å². The van der Waals surface area contributed by atoms with Gasteiger partial charge in [-0.05, 0) is 35.8 Å². The van der Waals surface area contributed by atoms with Crippen LogP contribution in [0.25, 0.3) is 0 Å². The molecule has 0 aliphatic carbocycles. The first-order valence-corrected chi connectivity index (χ1v) is 5.93. The summed E-state index contributed by atoms with van der Waals surface area (Å²) in [5.41, 5.74) is 2.48. The van der Waals surface area contributed by atoms with Gasteiger partial charge in [-0.2, -0.15) is 5.10 Å². The van der Waals surface area contributed by atoms with E-state index in [0.29, 0.717) is 11.5 Å². The number of carbonyl (C=O) groups excluding carboxylic acids is 1. The maximum atomic E-state index is 12.0. The van der Waals surface area contributed by atoms with Crippen molar-refractivity contribution in [2.24, 2.45) is 7.05 Å². The van der Waals surface area contributed by atoms with Crippen LogP contribution in [0.2, 0.25) is 0 Å². The molecule has 0 saturated heterocycles. The van der Waals surface area contributed by atoms with Gasteiger partial charge in [-0.3, -0.25) is 9.89 Å². The van der Waals surface area contributed by atoms with Crippen molar-refractivity contribution in [3.63, 3.8) is 0 Å². The van der Waals surface area contributed by atoms with Crippen LogP contribution < -0.4 is 5.32 Å². The van der Waals surface area contributed by atoms with E-state index in [4.69, 9.17) is 0 Å². The highest BCUT2D eigenvalue weighted by Gasteiger charge is 2.14. The molecule has 0 atom stereocenters. The highest BCUT2D eigenvalue weighted by atomic mass is 79.9. The summed E-state index contributed by atoms with van der Waals surface area (Å²) in [4.78, 5) is 12.0. The monoisotopic (exact) mass is 296 g/mol. The van der Waals surface area contributed by atoms with Crippen LogP contribution in [-0.4, -0.2) is 20.7 Å². The number of halogens is 1. The standard InChI is InChI=1S/C11H13BrN4O/c1-6-7(2)14-15-10(6)13-11(17)9-4-8(12)5-16(9)3/h4-5H,1-3H3,(H2,13,14,15,17).